The van der Waals surface area contributed by atoms with Crippen LogP contribution in [0.3, 0.4) is 0 Å². The minimum absolute atomic E-state index is 0.228. The standard InChI is InChI=1S/C20H20N4O2/c1-3-26-18-10-5-4-9-16(18)24-20(25)17-12-22-19(13-21-17)23-15-8-6-7-14(2)11-15/h4-13H,3H2,1-2H3,(H,22,23)(H,24,25). The summed E-state index contributed by atoms with van der Waals surface area (Å²) in [6, 6.07) is 15.2. The Morgan fingerprint density at radius 3 is 2.65 bits per heavy atom. The smallest absolute Gasteiger partial charge is 0.275 e. The highest BCUT2D eigenvalue weighted by Gasteiger charge is 2.11. The van der Waals surface area contributed by atoms with Gasteiger partial charge in [0.1, 0.15) is 17.3 Å². The van der Waals surface area contributed by atoms with Gasteiger partial charge in [-0.05, 0) is 43.7 Å². The summed E-state index contributed by atoms with van der Waals surface area (Å²) in [5.74, 6) is 0.850. The van der Waals surface area contributed by atoms with Gasteiger partial charge in [0.15, 0.2) is 0 Å². The van der Waals surface area contributed by atoms with Crippen LogP contribution >= 0.6 is 0 Å². The zero-order chi connectivity index (χ0) is 18.4. The number of benzene rings is 2. The highest BCUT2D eigenvalue weighted by atomic mass is 16.5. The van der Waals surface area contributed by atoms with E-state index in [2.05, 4.69) is 20.6 Å². The van der Waals surface area contributed by atoms with Crippen LogP contribution in [0.5, 0.6) is 5.75 Å². The van der Waals surface area contributed by atoms with E-state index in [0.29, 0.717) is 23.9 Å². The lowest BCUT2D eigenvalue weighted by Gasteiger charge is -2.11. The lowest BCUT2D eigenvalue weighted by Crippen LogP contribution is -2.15. The first-order valence-electron chi connectivity index (χ1n) is 8.34. The average Bonchev–Trinajstić information content (AvgIpc) is 2.64. The molecule has 0 fully saturated rings. The van der Waals surface area contributed by atoms with Crippen molar-refractivity contribution < 1.29 is 9.53 Å². The van der Waals surface area contributed by atoms with Crippen LogP contribution in [0.2, 0.25) is 0 Å². The molecule has 0 unspecified atom stereocenters. The summed E-state index contributed by atoms with van der Waals surface area (Å²) < 4.78 is 5.51. The molecule has 2 N–H and O–H groups in total. The van der Waals surface area contributed by atoms with E-state index in [-0.39, 0.29) is 11.6 Å². The quantitative estimate of drug-likeness (QED) is 0.699. The largest absolute Gasteiger partial charge is 0.492 e. The molecule has 0 radical (unpaired) electrons. The summed E-state index contributed by atoms with van der Waals surface area (Å²) in [4.78, 5) is 20.8. The number of carbonyl (C=O) groups excluding carboxylic acids is 1. The number of nitrogens with zero attached hydrogens (tertiary/aromatic N) is 2. The first kappa shape index (κ1) is 17.4. The monoisotopic (exact) mass is 348 g/mol. The molecule has 3 aromatic rings. The first-order valence-corrected chi connectivity index (χ1v) is 8.34. The number of aryl methyl sites for hydroxylation is 1. The van der Waals surface area contributed by atoms with Gasteiger partial charge in [-0.15, -0.1) is 0 Å². The van der Waals surface area contributed by atoms with Gasteiger partial charge < -0.3 is 15.4 Å². The average molecular weight is 348 g/mol. The zero-order valence-electron chi connectivity index (χ0n) is 14.7. The third-order valence-corrected chi connectivity index (χ3v) is 3.61. The van der Waals surface area contributed by atoms with Crippen molar-refractivity contribution in [1.82, 2.24) is 9.97 Å². The molecule has 0 atom stereocenters. The molecule has 1 heterocycles. The molecule has 0 bridgehead atoms. The maximum atomic E-state index is 12.4. The number of hydrogen-bond donors (Lipinski definition) is 2. The molecule has 0 saturated carbocycles. The molecule has 0 spiro atoms. The number of nitrogens with one attached hydrogen (secondary N) is 2. The topological polar surface area (TPSA) is 76.1 Å². The Hall–Kier alpha value is -3.41. The van der Waals surface area contributed by atoms with Crippen LogP contribution in [0.4, 0.5) is 17.2 Å². The number of anilines is 3. The lowest BCUT2D eigenvalue weighted by molar-refractivity contribution is 0.102. The molecule has 6 nitrogen and oxygen atoms in total. The van der Waals surface area contributed by atoms with Crippen molar-refractivity contribution in [3.05, 3.63) is 72.2 Å². The summed E-state index contributed by atoms with van der Waals surface area (Å²) in [5.41, 5.74) is 2.89. The van der Waals surface area contributed by atoms with Gasteiger partial charge in [-0.1, -0.05) is 24.3 Å². The van der Waals surface area contributed by atoms with Crippen molar-refractivity contribution in [3.63, 3.8) is 0 Å². The van der Waals surface area contributed by atoms with Crippen LogP contribution in [0.25, 0.3) is 0 Å². The second-order valence-corrected chi connectivity index (χ2v) is 5.66. The van der Waals surface area contributed by atoms with Gasteiger partial charge in [0.05, 0.1) is 24.7 Å². The van der Waals surface area contributed by atoms with E-state index in [0.717, 1.165) is 11.3 Å². The second-order valence-electron chi connectivity index (χ2n) is 5.66. The van der Waals surface area contributed by atoms with Crippen molar-refractivity contribution in [2.75, 3.05) is 17.2 Å². The van der Waals surface area contributed by atoms with Crippen molar-refractivity contribution in [1.29, 1.82) is 0 Å². The summed E-state index contributed by atoms with van der Waals surface area (Å²) >= 11 is 0. The minimum atomic E-state index is -0.341. The van der Waals surface area contributed by atoms with Gasteiger partial charge in [-0.2, -0.15) is 0 Å². The lowest BCUT2D eigenvalue weighted by atomic mass is 10.2. The number of amides is 1. The second kappa shape index (κ2) is 8.11. The van der Waals surface area contributed by atoms with E-state index in [9.17, 15) is 4.79 Å². The van der Waals surface area contributed by atoms with Gasteiger partial charge in [-0.3, -0.25) is 4.79 Å². The van der Waals surface area contributed by atoms with Crippen LogP contribution in [0.15, 0.2) is 60.9 Å². The Balaban J connectivity index is 1.69. The predicted molar refractivity (Wildman–Crippen MR) is 102 cm³/mol. The molecule has 1 amide bonds. The number of aromatic nitrogens is 2. The highest BCUT2D eigenvalue weighted by molar-refractivity contribution is 6.03. The number of para-hydroxylation sites is 2. The summed E-state index contributed by atoms with van der Waals surface area (Å²) in [6.45, 7) is 4.43. The van der Waals surface area contributed by atoms with Crippen LogP contribution < -0.4 is 15.4 Å². The first-order chi connectivity index (χ1) is 12.7. The molecule has 3 rings (SSSR count). The summed E-state index contributed by atoms with van der Waals surface area (Å²) in [6.07, 6.45) is 2.97. The number of ether oxygens (including phenoxy) is 1. The Morgan fingerprint density at radius 1 is 1.08 bits per heavy atom. The van der Waals surface area contributed by atoms with Crippen LogP contribution in [-0.4, -0.2) is 22.5 Å². The fraction of sp³-hybridized carbons (Fsp3) is 0.150. The molecule has 2 aromatic carbocycles. The van der Waals surface area contributed by atoms with Gasteiger partial charge in [0, 0.05) is 5.69 Å². The van der Waals surface area contributed by atoms with Crippen molar-refractivity contribution >= 4 is 23.1 Å². The normalized spacial score (nSPS) is 10.2. The molecule has 0 saturated heterocycles. The van der Waals surface area contributed by atoms with E-state index in [1.54, 1.807) is 12.1 Å². The molecule has 26 heavy (non-hydrogen) atoms. The highest BCUT2D eigenvalue weighted by Crippen LogP contribution is 2.24. The van der Waals surface area contributed by atoms with Gasteiger partial charge in [0.2, 0.25) is 0 Å². The Labute approximate surface area is 152 Å². The third-order valence-electron chi connectivity index (χ3n) is 3.61. The van der Waals surface area contributed by atoms with Crippen LogP contribution in [0.1, 0.15) is 23.0 Å². The fourth-order valence-electron chi connectivity index (χ4n) is 2.42. The van der Waals surface area contributed by atoms with E-state index in [1.165, 1.54) is 12.4 Å². The molecule has 0 aliphatic rings. The molecule has 1 aromatic heterocycles. The Bertz CT molecular complexity index is 894. The molecule has 132 valence electrons. The van der Waals surface area contributed by atoms with E-state index in [4.69, 9.17) is 4.74 Å². The number of carbonyl (C=O) groups is 1. The Kier molecular flexibility index (Phi) is 5.43. The van der Waals surface area contributed by atoms with Gasteiger partial charge in [-0.25, -0.2) is 9.97 Å². The SMILES string of the molecule is CCOc1ccccc1NC(=O)c1cnc(Nc2cccc(C)c2)cn1. The Morgan fingerprint density at radius 2 is 1.92 bits per heavy atom. The third kappa shape index (κ3) is 4.36. The predicted octanol–water partition coefficient (Wildman–Crippen LogP) is 4.18. The van der Waals surface area contributed by atoms with Gasteiger partial charge >= 0.3 is 0 Å². The molecule has 0 aliphatic heterocycles. The number of rotatable bonds is 6. The van der Waals surface area contributed by atoms with Crippen LogP contribution in [-0.2, 0) is 0 Å². The van der Waals surface area contributed by atoms with Gasteiger partial charge in [0.25, 0.3) is 5.91 Å². The van der Waals surface area contributed by atoms with Crippen LogP contribution in [0, 0.1) is 6.92 Å². The van der Waals surface area contributed by atoms with Crippen molar-refractivity contribution in [3.8, 4) is 5.75 Å². The molecular formula is C20H20N4O2. The fourth-order valence-corrected chi connectivity index (χ4v) is 2.42. The van der Waals surface area contributed by atoms with E-state index >= 15 is 0 Å². The molecular weight excluding hydrogens is 328 g/mol. The zero-order valence-corrected chi connectivity index (χ0v) is 14.7. The van der Waals surface area contributed by atoms with E-state index < -0.39 is 0 Å². The molecule has 0 aliphatic carbocycles. The number of hydrogen-bond acceptors (Lipinski definition) is 5. The molecule has 6 heteroatoms. The van der Waals surface area contributed by atoms with E-state index in [1.807, 2.05) is 50.2 Å². The maximum Gasteiger partial charge on any atom is 0.275 e. The summed E-state index contributed by atoms with van der Waals surface area (Å²) in [7, 11) is 0. The maximum absolute atomic E-state index is 12.4. The summed E-state index contributed by atoms with van der Waals surface area (Å²) in [5, 5.41) is 5.96. The minimum Gasteiger partial charge on any atom is -0.492 e. The van der Waals surface area contributed by atoms with Crippen molar-refractivity contribution in [2.45, 2.75) is 13.8 Å². The van der Waals surface area contributed by atoms with Crippen molar-refractivity contribution in [2.24, 2.45) is 0 Å².